The van der Waals surface area contributed by atoms with E-state index in [1.807, 2.05) is 11.8 Å². The van der Waals surface area contributed by atoms with E-state index in [0.29, 0.717) is 38.6 Å². The molecule has 138 valence electrons. The van der Waals surface area contributed by atoms with Crippen LogP contribution in [0.5, 0.6) is 0 Å². The van der Waals surface area contributed by atoms with Crippen LogP contribution in [0.25, 0.3) is 0 Å². The molecule has 1 aliphatic heterocycles. The van der Waals surface area contributed by atoms with Gasteiger partial charge in [0, 0.05) is 19.5 Å². The molecule has 4 atom stereocenters. The van der Waals surface area contributed by atoms with Crippen LogP contribution < -0.4 is 0 Å². The Morgan fingerprint density at radius 2 is 1.79 bits per heavy atom. The lowest BCUT2D eigenvalue weighted by Crippen LogP contribution is -2.55. The zero-order valence-electron chi connectivity index (χ0n) is 15.9. The Balaban J connectivity index is 1.73. The Labute approximate surface area is 146 Å². The van der Waals surface area contributed by atoms with E-state index in [-0.39, 0.29) is 22.7 Å². The summed E-state index contributed by atoms with van der Waals surface area (Å²) >= 11 is 0. The van der Waals surface area contributed by atoms with E-state index < -0.39 is 5.60 Å². The van der Waals surface area contributed by atoms with Gasteiger partial charge in [0.05, 0.1) is 18.8 Å². The summed E-state index contributed by atoms with van der Waals surface area (Å²) in [6.07, 6.45) is 6.05. The third-order valence-corrected chi connectivity index (χ3v) is 7.35. The summed E-state index contributed by atoms with van der Waals surface area (Å²) in [4.78, 5) is 14.6. The van der Waals surface area contributed by atoms with Crippen LogP contribution in [0.1, 0.15) is 66.2 Å². The second-order valence-electron chi connectivity index (χ2n) is 9.71. The molecule has 0 aromatic heterocycles. The molecule has 4 heteroatoms. The van der Waals surface area contributed by atoms with Crippen LogP contribution in [0.15, 0.2) is 0 Å². The molecule has 3 fully saturated rings. The first kappa shape index (κ1) is 18.2. The van der Waals surface area contributed by atoms with Gasteiger partial charge < -0.3 is 14.7 Å². The molecule has 0 radical (unpaired) electrons. The quantitative estimate of drug-likeness (QED) is 0.841. The zero-order valence-corrected chi connectivity index (χ0v) is 15.9. The van der Waals surface area contributed by atoms with Crippen LogP contribution in [0.3, 0.4) is 0 Å². The fourth-order valence-corrected chi connectivity index (χ4v) is 5.81. The highest BCUT2D eigenvalue weighted by molar-refractivity contribution is 5.76. The zero-order chi connectivity index (χ0) is 17.6. The average Bonchev–Trinajstić information content (AvgIpc) is 2.50. The monoisotopic (exact) mass is 337 g/mol. The van der Waals surface area contributed by atoms with Gasteiger partial charge in [0.15, 0.2) is 0 Å². The minimum atomic E-state index is -0.735. The van der Waals surface area contributed by atoms with Gasteiger partial charge in [0.25, 0.3) is 0 Å². The standard InChI is InChI=1S/C20H35NO3/c1-18(2)6-5-7-19(3)13-15(20(4,23)14-16(18)19)12-17(22)21-8-10-24-11-9-21/h15-16,23H,5-14H2,1-4H3/t15-,16+,19+,20+/m1/s1. The maximum atomic E-state index is 12.7. The van der Waals surface area contributed by atoms with Crippen molar-refractivity contribution in [3.8, 4) is 0 Å². The molecule has 0 bridgehead atoms. The Morgan fingerprint density at radius 1 is 1.12 bits per heavy atom. The van der Waals surface area contributed by atoms with Gasteiger partial charge in [-0.1, -0.05) is 27.2 Å². The number of aliphatic hydroxyl groups is 1. The van der Waals surface area contributed by atoms with Crippen LogP contribution in [0.2, 0.25) is 0 Å². The first-order valence-electron chi connectivity index (χ1n) is 9.72. The van der Waals surface area contributed by atoms with Crippen LogP contribution >= 0.6 is 0 Å². The van der Waals surface area contributed by atoms with Crippen molar-refractivity contribution < 1.29 is 14.6 Å². The van der Waals surface area contributed by atoms with E-state index in [9.17, 15) is 9.90 Å². The summed E-state index contributed by atoms with van der Waals surface area (Å²) in [6.45, 7) is 11.8. The number of rotatable bonds is 2. The highest BCUT2D eigenvalue weighted by Crippen LogP contribution is 2.61. The number of ether oxygens (including phenoxy) is 1. The summed E-state index contributed by atoms with van der Waals surface area (Å²) in [6, 6.07) is 0. The molecule has 2 aliphatic carbocycles. The molecule has 0 aromatic rings. The van der Waals surface area contributed by atoms with Crippen LogP contribution in [-0.2, 0) is 9.53 Å². The highest BCUT2D eigenvalue weighted by atomic mass is 16.5. The molecule has 1 heterocycles. The van der Waals surface area contributed by atoms with Gasteiger partial charge in [0.1, 0.15) is 0 Å². The van der Waals surface area contributed by atoms with Crippen molar-refractivity contribution >= 4 is 5.91 Å². The average molecular weight is 338 g/mol. The molecular formula is C20H35NO3. The molecule has 24 heavy (non-hydrogen) atoms. The van der Waals surface area contributed by atoms with Gasteiger partial charge in [-0.25, -0.2) is 0 Å². The SMILES string of the molecule is CC1(C)CCC[C@@]2(C)C[C@@H](CC(=O)N3CCOCC3)[C@@](C)(O)C[C@@H]12. The van der Waals surface area contributed by atoms with Crippen LogP contribution in [0.4, 0.5) is 0 Å². The highest BCUT2D eigenvalue weighted by Gasteiger charge is 2.55. The molecule has 0 aromatic carbocycles. The van der Waals surface area contributed by atoms with Crippen molar-refractivity contribution in [1.29, 1.82) is 0 Å². The Bertz CT molecular complexity index is 481. The predicted octanol–water partition coefficient (Wildman–Crippen LogP) is 3.23. The Kier molecular flexibility index (Phi) is 4.76. The van der Waals surface area contributed by atoms with Crippen molar-refractivity contribution in [1.82, 2.24) is 4.90 Å². The Morgan fingerprint density at radius 3 is 2.46 bits per heavy atom. The number of hydrogen-bond acceptors (Lipinski definition) is 3. The summed E-state index contributed by atoms with van der Waals surface area (Å²) in [5, 5.41) is 11.2. The minimum absolute atomic E-state index is 0.0722. The molecule has 1 saturated heterocycles. The molecule has 2 saturated carbocycles. The van der Waals surface area contributed by atoms with Crippen molar-refractivity contribution in [2.75, 3.05) is 26.3 Å². The second-order valence-corrected chi connectivity index (χ2v) is 9.71. The molecule has 0 spiro atoms. The van der Waals surface area contributed by atoms with Gasteiger partial charge in [0.2, 0.25) is 5.91 Å². The fraction of sp³-hybridized carbons (Fsp3) is 0.950. The molecular weight excluding hydrogens is 302 g/mol. The van der Waals surface area contributed by atoms with E-state index in [0.717, 1.165) is 12.8 Å². The first-order chi connectivity index (χ1) is 11.1. The molecule has 3 rings (SSSR count). The predicted molar refractivity (Wildman–Crippen MR) is 94.6 cm³/mol. The molecule has 1 amide bonds. The maximum absolute atomic E-state index is 12.7. The lowest BCUT2D eigenvalue weighted by atomic mass is 9.47. The summed E-state index contributed by atoms with van der Waals surface area (Å²) in [5.74, 6) is 0.812. The number of hydrogen-bond donors (Lipinski definition) is 1. The van der Waals surface area contributed by atoms with E-state index >= 15 is 0 Å². The minimum Gasteiger partial charge on any atom is -0.390 e. The van der Waals surface area contributed by atoms with Gasteiger partial charge >= 0.3 is 0 Å². The van der Waals surface area contributed by atoms with Crippen molar-refractivity contribution in [2.45, 2.75) is 71.8 Å². The van der Waals surface area contributed by atoms with E-state index in [4.69, 9.17) is 4.74 Å². The van der Waals surface area contributed by atoms with Crippen LogP contribution in [0, 0.1) is 22.7 Å². The van der Waals surface area contributed by atoms with Gasteiger partial charge in [-0.3, -0.25) is 4.79 Å². The van der Waals surface area contributed by atoms with Gasteiger partial charge in [-0.05, 0) is 55.3 Å². The van der Waals surface area contributed by atoms with E-state index in [1.54, 1.807) is 0 Å². The summed E-state index contributed by atoms with van der Waals surface area (Å²) in [7, 11) is 0. The lowest BCUT2D eigenvalue weighted by molar-refractivity contribution is -0.160. The number of nitrogens with zero attached hydrogens (tertiary/aromatic N) is 1. The van der Waals surface area contributed by atoms with Crippen molar-refractivity contribution in [3.63, 3.8) is 0 Å². The third-order valence-electron chi connectivity index (χ3n) is 7.35. The number of amides is 1. The van der Waals surface area contributed by atoms with Gasteiger partial charge in [-0.2, -0.15) is 0 Å². The third kappa shape index (κ3) is 3.37. The molecule has 3 aliphatic rings. The van der Waals surface area contributed by atoms with Crippen molar-refractivity contribution in [2.24, 2.45) is 22.7 Å². The normalized spacial score (nSPS) is 42.5. The fourth-order valence-electron chi connectivity index (χ4n) is 5.81. The first-order valence-corrected chi connectivity index (χ1v) is 9.72. The molecule has 1 N–H and O–H groups in total. The van der Waals surface area contributed by atoms with Crippen molar-refractivity contribution in [3.05, 3.63) is 0 Å². The largest absolute Gasteiger partial charge is 0.390 e. The smallest absolute Gasteiger partial charge is 0.223 e. The maximum Gasteiger partial charge on any atom is 0.223 e. The molecule has 0 unspecified atom stereocenters. The van der Waals surface area contributed by atoms with E-state index in [2.05, 4.69) is 20.8 Å². The van der Waals surface area contributed by atoms with Crippen LogP contribution in [-0.4, -0.2) is 47.8 Å². The molecule has 4 nitrogen and oxygen atoms in total. The summed E-state index contributed by atoms with van der Waals surface area (Å²) < 4.78 is 5.35. The number of carbonyl (C=O) groups excluding carboxylic acids is 1. The lowest BCUT2D eigenvalue weighted by Gasteiger charge is -2.59. The number of morpholine rings is 1. The Hall–Kier alpha value is -0.610. The topological polar surface area (TPSA) is 49.8 Å². The number of fused-ring (bicyclic) bond motifs is 1. The van der Waals surface area contributed by atoms with Gasteiger partial charge in [-0.15, -0.1) is 0 Å². The summed E-state index contributed by atoms with van der Waals surface area (Å²) in [5.41, 5.74) is -0.184. The number of carbonyl (C=O) groups is 1. The van der Waals surface area contributed by atoms with E-state index in [1.165, 1.54) is 19.3 Å². The second kappa shape index (κ2) is 6.28.